The number of hydrogen-bond donors (Lipinski definition) is 1. The molecule has 0 radical (unpaired) electrons. The molecule has 1 N–H and O–H groups in total. The Balaban J connectivity index is 1.97. The minimum atomic E-state index is -0.602. The molecule has 27 heavy (non-hydrogen) atoms. The van der Waals surface area contributed by atoms with Crippen molar-refractivity contribution in [2.45, 2.75) is 6.54 Å². The Labute approximate surface area is 158 Å². The highest BCUT2D eigenvalue weighted by Gasteiger charge is 2.21. The lowest BCUT2D eigenvalue weighted by molar-refractivity contribution is -0.121. The van der Waals surface area contributed by atoms with Gasteiger partial charge in [-0.1, -0.05) is 48.5 Å². The molecule has 5 nitrogen and oxygen atoms in total. The van der Waals surface area contributed by atoms with Crippen LogP contribution in [0.25, 0.3) is 0 Å². The van der Waals surface area contributed by atoms with Gasteiger partial charge in [0.05, 0.1) is 19.3 Å². The number of anilines is 1. The van der Waals surface area contributed by atoms with Crippen molar-refractivity contribution in [2.75, 3.05) is 18.6 Å². The van der Waals surface area contributed by atoms with Crippen LogP contribution in [0.1, 0.15) is 5.56 Å². The molecule has 3 rings (SSSR count). The SMILES string of the molecule is COc1ccccc1CN(C(=O)CO)c1ccccc1Oc1ccccc1. The molecular formula is C22H21NO4. The zero-order valence-electron chi connectivity index (χ0n) is 15.0. The first-order chi connectivity index (χ1) is 13.2. The maximum absolute atomic E-state index is 12.5. The topological polar surface area (TPSA) is 59.0 Å². The Kier molecular flexibility index (Phi) is 6.07. The maximum atomic E-state index is 12.5. The molecule has 1 amide bonds. The predicted octanol–water partition coefficient (Wildman–Crippen LogP) is 4.01. The molecular weight excluding hydrogens is 342 g/mol. The van der Waals surface area contributed by atoms with Gasteiger partial charge in [-0.2, -0.15) is 0 Å². The van der Waals surface area contributed by atoms with Gasteiger partial charge in [-0.25, -0.2) is 0 Å². The number of ether oxygens (including phenoxy) is 2. The average Bonchev–Trinajstić information content (AvgIpc) is 2.73. The van der Waals surface area contributed by atoms with Crippen molar-refractivity contribution in [3.05, 3.63) is 84.4 Å². The third kappa shape index (κ3) is 4.46. The van der Waals surface area contributed by atoms with Gasteiger partial charge in [0.2, 0.25) is 0 Å². The van der Waals surface area contributed by atoms with Gasteiger partial charge in [0.1, 0.15) is 18.1 Å². The third-order valence-corrected chi connectivity index (χ3v) is 4.08. The molecule has 5 heteroatoms. The van der Waals surface area contributed by atoms with Crippen LogP contribution in [0.4, 0.5) is 5.69 Å². The number of methoxy groups -OCH3 is 1. The number of aliphatic hydroxyl groups is 1. The van der Waals surface area contributed by atoms with Crippen molar-refractivity contribution in [1.29, 1.82) is 0 Å². The lowest BCUT2D eigenvalue weighted by Gasteiger charge is -2.25. The molecule has 0 unspecified atom stereocenters. The lowest BCUT2D eigenvalue weighted by Crippen LogP contribution is -2.33. The second-order valence-corrected chi connectivity index (χ2v) is 5.83. The van der Waals surface area contributed by atoms with Crippen molar-refractivity contribution >= 4 is 11.6 Å². The molecule has 0 atom stereocenters. The van der Waals surface area contributed by atoms with Crippen molar-refractivity contribution < 1.29 is 19.4 Å². The lowest BCUT2D eigenvalue weighted by atomic mass is 10.1. The molecule has 3 aromatic carbocycles. The molecule has 3 aromatic rings. The van der Waals surface area contributed by atoms with Crippen molar-refractivity contribution in [3.63, 3.8) is 0 Å². The smallest absolute Gasteiger partial charge is 0.253 e. The van der Waals surface area contributed by atoms with Crippen LogP contribution in [0.2, 0.25) is 0 Å². The standard InChI is InChI=1S/C22H21NO4/c1-26-20-13-7-5-9-17(20)15-23(22(25)16-24)19-12-6-8-14-21(19)27-18-10-3-2-4-11-18/h2-14,24H,15-16H2,1H3. The molecule has 0 aliphatic heterocycles. The maximum Gasteiger partial charge on any atom is 0.253 e. The Hall–Kier alpha value is -3.31. The van der Waals surface area contributed by atoms with Crippen LogP contribution in [0.3, 0.4) is 0 Å². The fraction of sp³-hybridized carbons (Fsp3) is 0.136. The Morgan fingerprint density at radius 3 is 2.22 bits per heavy atom. The number of benzene rings is 3. The van der Waals surface area contributed by atoms with E-state index in [1.807, 2.05) is 66.7 Å². The van der Waals surface area contributed by atoms with Gasteiger partial charge < -0.3 is 19.5 Å². The van der Waals surface area contributed by atoms with Crippen LogP contribution in [0.5, 0.6) is 17.2 Å². The van der Waals surface area contributed by atoms with Gasteiger partial charge in [0.25, 0.3) is 5.91 Å². The average molecular weight is 363 g/mol. The van der Waals surface area contributed by atoms with E-state index in [-0.39, 0.29) is 6.54 Å². The van der Waals surface area contributed by atoms with E-state index in [0.717, 1.165) is 5.56 Å². The number of para-hydroxylation sites is 4. The van der Waals surface area contributed by atoms with Crippen LogP contribution in [0.15, 0.2) is 78.9 Å². The fourth-order valence-electron chi connectivity index (χ4n) is 2.78. The summed E-state index contributed by atoms with van der Waals surface area (Å²) in [6.07, 6.45) is 0. The molecule has 0 aromatic heterocycles. The molecule has 0 aliphatic rings. The molecule has 0 aliphatic carbocycles. The van der Waals surface area contributed by atoms with Gasteiger partial charge >= 0.3 is 0 Å². The largest absolute Gasteiger partial charge is 0.496 e. The molecule has 138 valence electrons. The zero-order valence-corrected chi connectivity index (χ0v) is 15.0. The minimum Gasteiger partial charge on any atom is -0.496 e. The minimum absolute atomic E-state index is 0.249. The Morgan fingerprint density at radius 1 is 0.889 bits per heavy atom. The highest BCUT2D eigenvalue weighted by Crippen LogP contribution is 2.34. The van der Waals surface area contributed by atoms with Gasteiger partial charge in [-0.3, -0.25) is 4.79 Å². The number of hydrogen-bond acceptors (Lipinski definition) is 4. The first-order valence-corrected chi connectivity index (χ1v) is 8.58. The summed E-state index contributed by atoms with van der Waals surface area (Å²) in [4.78, 5) is 14.0. The van der Waals surface area contributed by atoms with Crippen LogP contribution in [-0.2, 0) is 11.3 Å². The highest BCUT2D eigenvalue weighted by atomic mass is 16.5. The number of carbonyl (C=O) groups excluding carboxylic acids is 1. The van der Waals surface area contributed by atoms with Crippen LogP contribution in [-0.4, -0.2) is 24.7 Å². The summed E-state index contributed by atoms with van der Waals surface area (Å²) in [5.74, 6) is 1.44. The van der Waals surface area contributed by atoms with Gasteiger partial charge in [-0.05, 0) is 30.3 Å². The van der Waals surface area contributed by atoms with Gasteiger partial charge in [0, 0.05) is 5.56 Å². The summed E-state index contributed by atoms with van der Waals surface area (Å²) in [6.45, 7) is -0.354. The van der Waals surface area contributed by atoms with E-state index in [1.165, 1.54) is 4.90 Å². The summed E-state index contributed by atoms with van der Waals surface area (Å²) in [7, 11) is 1.59. The van der Waals surface area contributed by atoms with E-state index in [0.29, 0.717) is 22.9 Å². The molecule has 0 heterocycles. The number of aliphatic hydroxyl groups excluding tert-OH is 1. The first-order valence-electron chi connectivity index (χ1n) is 8.58. The molecule has 0 spiro atoms. The Bertz CT molecular complexity index is 896. The van der Waals surface area contributed by atoms with E-state index in [4.69, 9.17) is 9.47 Å². The highest BCUT2D eigenvalue weighted by molar-refractivity contribution is 5.95. The fourth-order valence-corrected chi connectivity index (χ4v) is 2.78. The number of amides is 1. The second kappa shape index (κ2) is 8.87. The second-order valence-electron chi connectivity index (χ2n) is 5.83. The molecule has 0 saturated heterocycles. The summed E-state index contributed by atoms with van der Waals surface area (Å²) >= 11 is 0. The quantitative estimate of drug-likeness (QED) is 0.689. The first kappa shape index (κ1) is 18.5. The van der Waals surface area contributed by atoms with Gasteiger partial charge in [-0.15, -0.1) is 0 Å². The number of rotatable bonds is 7. The summed E-state index contributed by atoms with van der Waals surface area (Å²) in [5.41, 5.74) is 1.41. The normalized spacial score (nSPS) is 10.3. The van der Waals surface area contributed by atoms with E-state index >= 15 is 0 Å². The predicted molar refractivity (Wildman–Crippen MR) is 104 cm³/mol. The molecule has 0 saturated carbocycles. The molecule has 0 fully saturated rings. The number of carbonyl (C=O) groups is 1. The van der Waals surface area contributed by atoms with Crippen molar-refractivity contribution in [2.24, 2.45) is 0 Å². The summed E-state index contributed by atoms with van der Waals surface area (Å²) in [5, 5.41) is 9.49. The number of nitrogens with zero attached hydrogens (tertiary/aromatic N) is 1. The summed E-state index contributed by atoms with van der Waals surface area (Å²) in [6, 6.07) is 24.1. The van der Waals surface area contributed by atoms with E-state index in [1.54, 1.807) is 19.2 Å². The van der Waals surface area contributed by atoms with E-state index < -0.39 is 12.5 Å². The van der Waals surface area contributed by atoms with Crippen LogP contribution >= 0.6 is 0 Å². The summed E-state index contributed by atoms with van der Waals surface area (Å²) < 4.78 is 11.4. The van der Waals surface area contributed by atoms with Crippen LogP contribution in [0, 0.1) is 0 Å². The van der Waals surface area contributed by atoms with Crippen molar-refractivity contribution in [3.8, 4) is 17.2 Å². The van der Waals surface area contributed by atoms with Crippen molar-refractivity contribution in [1.82, 2.24) is 0 Å². The van der Waals surface area contributed by atoms with E-state index in [2.05, 4.69) is 0 Å². The monoisotopic (exact) mass is 363 g/mol. The van der Waals surface area contributed by atoms with Gasteiger partial charge in [0.15, 0.2) is 5.75 Å². The zero-order chi connectivity index (χ0) is 19.1. The molecule has 0 bridgehead atoms. The third-order valence-electron chi connectivity index (χ3n) is 4.08. The van der Waals surface area contributed by atoms with Crippen LogP contribution < -0.4 is 14.4 Å². The van der Waals surface area contributed by atoms with E-state index in [9.17, 15) is 9.90 Å². The Morgan fingerprint density at radius 2 is 1.52 bits per heavy atom.